The first kappa shape index (κ1) is 19.9. The Bertz CT molecular complexity index is 554. The molecule has 1 N–H and O–H groups in total. The molecule has 0 aromatic carbocycles. The Hall–Kier alpha value is -1.43. The molecule has 0 bridgehead atoms. The second kappa shape index (κ2) is 7.06. The van der Waals surface area contributed by atoms with Gasteiger partial charge in [0.05, 0.1) is 18.1 Å². The topological polar surface area (TPSA) is 89.9 Å². The van der Waals surface area contributed by atoms with Gasteiger partial charge in [-0.05, 0) is 38.5 Å². The summed E-state index contributed by atoms with van der Waals surface area (Å²) in [5.74, 6) is -1.68. The Morgan fingerprint density at radius 1 is 1.20 bits per heavy atom. The van der Waals surface area contributed by atoms with Crippen LogP contribution in [0.4, 0.5) is 0 Å². The number of Topliss-reactive ketones (excluding diaryl/α,β-unsaturated/α-hetero) is 1. The molecule has 0 radical (unpaired) electrons. The summed E-state index contributed by atoms with van der Waals surface area (Å²) in [6.45, 7) is 8.47. The lowest BCUT2D eigenvalue weighted by molar-refractivity contribution is -0.198. The van der Waals surface area contributed by atoms with Gasteiger partial charge in [-0.25, -0.2) is 0 Å². The zero-order valence-corrected chi connectivity index (χ0v) is 15.8. The number of rotatable bonds is 4. The van der Waals surface area contributed by atoms with Crippen LogP contribution in [0, 0.1) is 23.2 Å². The van der Waals surface area contributed by atoms with E-state index in [1.165, 1.54) is 13.8 Å². The van der Waals surface area contributed by atoms with Gasteiger partial charge in [-0.3, -0.25) is 14.4 Å². The molecule has 0 aliphatic heterocycles. The van der Waals surface area contributed by atoms with E-state index >= 15 is 0 Å². The van der Waals surface area contributed by atoms with Crippen LogP contribution in [-0.4, -0.2) is 41.1 Å². The maximum Gasteiger partial charge on any atom is 0.302 e. The molecule has 0 aromatic heterocycles. The fourth-order valence-corrected chi connectivity index (χ4v) is 4.88. The maximum atomic E-state index is 13.3. The molecule has 2 aliphatic rings. The molecule has 142 valence electrons. The average Bonchev–Trinajstić information content (AvgIpc) is 2.47. The third-order valence-corrected chi connectivity index (χ3v) is 6.12. The molecule has 2 rings (SSSR count). The minimum absolute atomic E-state index is 0.00439. The number of carbonyl (C=O) groups excluding carboxylic acids is 3. The minimum Gasteiger partial charge on any atom is -0.466 e. The van der Waals surface area contributed by atoms with Gasteiger partial charge in [0.2, 0.25) is 0 Å². The molecule has 2 saturated carbocycles. The number of aliphatic hydroxyl groups is 1. The van der Waals surface area contributed by atoms with Gasteiger partial charge >= 0.3 is 11.9 Å². The molecule has 2 fully saturated rings. The lowest BCUT2D eigenvalue weighted by Gasteiger charge is -2.56. The second-order valence-corrected chi connectivity index (χ2v) is 8.26. The van der Waals surface area contributed by atoms with Crippen molar-refractivity contribution >= 4 is 17.7 Å². The maximum absolute atomic E-state index is 13.3. The predicted octanol–water partition coefficient (Wildman–Crippen LogP) is 2.26. The van der Waals surface area contributed by atoms with Crippen molar-refractivity contribution in [3.8, 4) is 0 Å². The highest BCUT2D eigenvalue weighted by Gasteiger charge is 2.61. The highest BCUT2D eigenvalue weighted by Crippen LogP contribution is 2.55. The molecular weight excluding hydrogens is 324 g/mol. The Kier molecular flexibility index (Phi) is 5.62. The highest BCUT2D eigenvalue weighted by atomic mass is 16.5. The Labute approximate surface area is 149 Å². The van der Waals surface area contributed by atoms with Gasteiger partial charge in [-0.1, -0.05) is 13.8 Å². The van der Waals surface area contributed by atoms with E-state index in [1.807, 2.05) is 13.8 Å². The first-order valence-electron chi connectivity index (χ1n) is 9.05. The van der Waals surface area contributed by atoms with Crippen molar-refractivity contribution in [3.63, 3.8) is 0 Å². The van der Waals surface area contributed by atoms with Crippen LogP contribution in [0.1, 0.15) is 60.3 Å². The monoisotopic (exact) mass is 354 g/mol. The summed E-state index contributed by atoms with van der Waals surface area (Å²) in [5, 5.41) is 10.9. The van der Waals surface area contributed by atoms with Gasteiger partial charge in [0, 0.05) is 25.2 Å². The molecule has 0 aromatic rings. The third-order valence-electron chi connectivity index (χ3n) is 6.12. The molecule has 6 heteroatoms. The van der Waals surface area contributed by atoms with Crippen LogP contribution in [0.5, 0.6) is 0 Å². The quantitative estimate of drug-likeness (QED) is 0.779. The van der Waals surface area contributed by atoms with Crippen LogP contribution in [0.25, 0.3) is 0 Å². The van der Waals surface area contributed by atoms with Gasteiger partial charge in [-0.15, -0.1) is 0 Å². The number of fused-ring (bicyclic) bond motifs is 1. The van der Waals surface area contributed by atoms with Crippen molar-refractivity contribution in [1.82, 2.24) is 0 Å². The number of esters is 2. The van der Waals surface area contributed by atoms with Crippen LogP contribution < -0.4 is 0 Å². The summed E-state index contributed by atoms with van der Waals surface area (Å²) in [6, 6.07) is 0. The largest absolute Gasteiger partial charge is 0.466 e. The number of hydrogen-bond donors (Lipinski definition) is 1. The summed E-state index contributed by atoms with van der Waals surface area (Å²) >= 11 is 0. The smallest absolute Gasteiger partial charge is 0.302 e. The lowest BCUT2D eigenvalue weighted by Crippen LogP contribution is -2.62. The fraction of sp³-hybridized carbons (Fsp3) is 0.842. The minimum atomic E-state index is -1.12. The van der Waals surface area contributed by atoms with Gasteiger partial charge in [-0.2, -0.15) is 0 Å². The molecule has 6 atom stereocenters. The number of carbonyl (C=O) groups is 3. The molecule has 0 saturated heterocycles. The molecule has 0 spiro atoms. The average molecular weight is 354 g/mol. The van der Waals surface area contributed by atoms with E-state index in [4.69, 9.17) is 9.47 Å². The molecule has 25 heavy (non-hydrogen) atoms. The lowest BCUT2D eigenvalue weighted by atomic mass is 9.51. The van der Waals surface area contributed by atoms with Crippen molar-refractivity contribution < 1.29 is 29.0 Å². The summed E-state index contributed by atoms with van der Waals surface area (Å²) in [6.07, 6.45) is 1.95. The third kappa shape index (κ3) is 3.89. The van der Waals surface area contributed by atoms with Crippen LogP contribution in [0.3, 0.4) is 0 Å². The highest BCUT2D eigenvalue weighted by molar-refractivity contribution is 5.87. The summed E-state index contributed by atoms with van der Waals surface area (Å²) in [5.41, 5.74) is -1.69. The standard InChI is InChI=1S/C19H30O6/c1-11(10-24-12(2)20)14-6-8-18(4)15(25-13(3)21)7-9-19(5,23)17(18)16(14)22/h11,14-15,17,23H,6-10H2,1-5H3/t11-,14+,15-,17?,18+,19-/m1/s1. The van der Waals surface area contributed by atoms with Crippen LogP contribution >= 0.6 is 0 Å². The normalized spacial score (nSPS) is 39.3. The predicted molar refractivity (Wildman–Crippen MR) is 90.5 cm³/mol. The van der Waals surface area contributed by atoms with E-state index in [2.05, 4.69) is 0 Å². The first-order valence-corrected chi connectivity index (χ1v) is 9.05. The fourth-order valence-electron chi connectivity index (χ4n) is 4.88. The zero-order chi connectivity index (χ0) is 19.0. The SMILES string of the molecule is CC(=O)OC[C@@H](C)[C@@H]1CC[C@]2(C)C(C1=O)[C@](C)(O)CC[C@H]2OC(C)=O. The van der Waals surface area contributed by atoms with Crippen molar-refractivity contribution in [3.05, 3.63) is 0 Å². The molecule has 6 nitrogen and oxygen atoms in total. The van der Waals surface area contributed by atoms with E-state index in [0.717, 1.165) is 0 Å². The molecule has 1 unspecified atom stereocenters. The molecule has 2 aliphatic carbocycles. The Morgan fingerprint density at radius 2 is 1.84 bits per heavy atom. The van der Waals surface area contributed by atoms with Gasteiger partial charge < -0.3 is 14.6 Å². The molecular formula is C19H30O6. The number of ketones is 1. The van der Waals surface area contributed by atoms with Crippen LogP contribution in [-0.2, 0) is 23.9 Å². The molecule has 0 heterocycles. The van der Waals surface area contributed by atoms with Crippen LogP contribution in [0.15, 0.2) is 0 Å². The Morgan fingerprint density at radius 3 is 2.40 bits per heavy atom. The van der Waals surface area contributed by atoms with E-state index in [1.54, 1.807) is 6.92 Å². The van der Waals surface area contributed by atoms with Crippen molar-refractivity contribution in [2.75, 3.05) is 6.61 Å². The molecule has 0 amide bonds. The van der Waals surface area contributed by atoms with E-state index in [-0.39, 0.29) is 42.3 Å². The summed E-state index contributed by atoms with van der Waals surface area (Å²) < 4.78 is 10.6. The van der Waals surface area contributed by atoms with E-state index in [0.29, 0.717) is 25.7 Å². The van der Waals surface area contributed by atoms with Crippen molar-refractivity contribution in [2.45, 2.75) is 72.0 Å². The Balaban J connectivity index is 2.25. The summed E-state index contributed by atoms with van der Waals surface area (Å²) in [4.78, 5) is 35.8. The number of ether oxygens (including phenoxy) is 2. The van der Waals surface area contributed by atoms with Gasteiger partial charge in [0.15, 0.2) is 0 Å². The second-order valence-electron chi connectivity index (χ2n) is 8.26. The zero-order valence-electron chi connectivity index (χ0n) is 15.8. The van der Waals surface area contributed by atoms with Gasteiger partial charge in [0.1, 0.15) is 11.9 Å². The number of hydrogen-bond acceptors (Lipinski definition) is 6. The van der Waals surface area contributed by atoms with Gasteiger partial charge in [0.25, 0.3) is 0 Å². The first-order chi connectivity index (χ1) is 11.5. The van der Waals surface area contributed by atoms with Crippen LogP contribution in [0.2, 0.25) is 0 Å². The van der Waals surface area contributed by atoms with E-state index in [9.17, 15) is 19.5 Å². The summed E-state index contributed by atoms with van der Waals surface area (Å²) in [7, 11) is 0. The van der Waals surface area contributed by atoms with Crippen molar-refractivity contribution in [1.29, 1.82) is 0 Å². The van der Waals surface area contributed by atoms with E-state index < -0.39 is 16.9 Å². The van der Waals surface area contributed by atoms with Crippen molar-refractivity contribution in [2.24, 2.45) is 23.2 Å².